The molecule has 7 aromatic carbocycles. The summed E-state index contributed by atoms with van der Waals surface area (Å²) >= 11 is 3.84. The van der Waals surface area contributed by atoms with Crippen LogP contribution in [0, 0.1) is 0 Å². The van der Waals surface area contributed by atoms with Crippen LogP contribution in [0.2, 0.25) is 0 Å². The molecule has 0 atom stereocenters. The minimum atomic E-state index is -0.424. The lowest BCUT2D eigenvalue weighted by molar-refractivity contribution is -0.122. The molecule has 62 heavy (non-hydrogen) atoms. The van der Waals surface area contributed by atoms with E-state index >= 15 is 0 Å². The molecule has 0 bridgehead atoms. The monoisotopic (exact) mass is 853 g/mol. The van der Waals surface area contributed by atoms with E-state index < -0.39 is 9.49 Å². The Kier molecular flexibility index (Phi) is 16.7. The zero-order chi connectivity index (χ0) is 42.7. The maximum Gasteiger partial charge on any atom is 0.234 e. The minimum absolute atomic E-state index is 0.0678. The summed E-state index contributed by atoms with van der Waals surface area (Å²) in [6.45, 7) is 4.52. The lowest BCUT2D eigenvalue weighted by Gasteiger charge is -2.36. The van der Waals surface area contributed by atoms with Crippen molar-refractivity contribution in [3.8, 4) is 0 Å². The fourth-order valence-corrected chi connectivity index (χ4v) is 11.4. The molecule has 4 nitrogen and oxygen atoms in total. The molecule has 6 heteroatoms. The first-order valence-electron chi connectivity index (χ1n) is 21.9. The van der Waals surface area contributed by atoms with Crippen LogP contribution < -0.4 is 5.32 Å². The first kappa shape index (κ1) is 44.7. The standard InChI is InChI=1S/C56H59N3OS2/c1-58(42-38-47-24-9-2-10-25-47)40-23-41-59(43-45-62-56(51-32-17-6-18-33-51,52-34-19-7-20-35-52)53-36-21-8-22-37-53)46-54(60)57-39-44-61-55(48-26-11-3-12-27-48,49-28-13-4-14-29-49)50-30-15-5-16-31-50/h2-22,24-37H,23,38-46H2,1H3,(H,57,60). The number of rotatable bonds is 23. The van der Waals surface area contributed by atoms with Gasteiger partial charge in [0.1, 0.15) is 0 Å². The minimum Gasteiger partial charge on any atom is -0.354 e. The van der Waals surface area contributed by atoms with Gasteiger partial charge in [0.05, 0.1) is 16.0 Å². The molecule has 1 N–H and O–H groups in total. The van der Waals surface area contributed by atoms with Gasteiger partial charge in [-0.1, -0.05) is 212 Å². The van der Waals surface area contributed by atoms with Crippen molar-refractivity contribution in [2.24, 2.45) is 0 Å². The van der Waals surface area contributed by atoms with Crippen LogP contribution in [0.15, 0.2) is 212 Å². The van der Waals surface area contributed by atoms with E-state index in [1.54, 1.807) is 0 Å². The molecule has 0 saturated heterocycles. The molecule has 0 aliphatic heterocycles. The molecule has 0 aromatic heterocycles. The number of nitrogens with one attached hydrogen (secondary N) is 1. The Labute approximate surface area is 378 Å². The van der Waals surface area contributed by atoms with E-state index in [4.69, 9.17) is 0 Å². The van der Waals surface area contributed by atoms with Crippen LogP contribution in [-0.4, -0.2) is 73.5 Å². The van der Waals surface area contributed by atoms with Gasteiger partial charge in [-0.15, -0.1) is 23.5 Å². The average molecular weight is 854 g/mol. The van der Waals surface area contributed by atoms with Crippen LogP contribution in [0.4, 0.5) is 0 Å². The first-order chi connectivity index (χ1) is 30.6. The highest BCUT2D eigenvalue weighted by Crippen LogP contribution is 2.49. The van der Waals surface area contributed by atoms with Crippen molar-refractivity contribution in [1.82, 2.24) is 15.1 Å². The van der Waals surface area contributed by atoms with Crippen molar-refractivity contribution in [3.05, 3.63) is 251 Å². The number of benzene rings is 7. The highest BCUT2D eigenvalue weighted by Gasteiger charge is 2.38. The predicted octanol–water partition coefficient (Wildman–Crippen LogP) is 11.4. The maximum atomic E-state index is 14.0. The molecule has 0 fully saturated rings. The van der Waals surface area contributed by atoms with E-state index in [9.17, 15) is 4.79 Å². The Morgan fingerprint density at radius 1 is 0.452 bits per heavy atom. The van der Waals surface area contributed by atoms with Gasteiger partial charge in [-0.05, 0) is 71.9 Å². The Morgan fingerprint density at radius 3 is 1.19 bits per heavy atom. The van der Waals surface area contributed by atoms with Crippen LogP contribution in [-0.2, 0) is 20.7 Å². The van der Waals surface area contributed by atoms with Gasteiger partial charge >= 0.3 is 0 Å². The molecule has 7 rings (SSSR count). The maximum absolute atomic E-state index is 14.0. The summed E-state index contributed by atoms with van der Waals surface area (Å²) in [6, 6.07) is 75.7. The lowest BCUT2D eigenvalue weighted by atomic mass is 9.84. The number of carbonyl (C=O) groups excluding carboxylic acids is 1. The van der Waals surface area contributed by atoms with Crippen LogP contribution in [0.5, 0.6) is 0 Å². The SMILES string of the molecule is CN(CCCN(CCSC(c1ccccc1)(c1ccccc1)c1ccccc1)CC(=O)NCCSC(c1ccccc1)(c1ccccc1)c1ccccc1)CCc1ccccc1. The first-order valence-corrected chi connectivity index (χ1v) is 23.9. The van der Waals surface area contributed by atoms with E-state index in [0.717, 1.165) is 50.5 Å². The number of likely N-dealkylation sites (N-methyl/N-ethyl adjacent to an activating group) is 1. The molecular weight excluding hydrogens is 795 g/mol. The van der Waals surface area contributed by atoms with Crippen molar-refractivity contribution in [2.45, 2.75) is 22.3 Å². The molecule has 0 aliphatic carbocycles. The molecule has 0 unspecified atom stereocenters. The van der Waals surface area contributed by atoms with Crippen molar-refractivity contribution >= 4 is 29.4 Å². The lowest BCUT2D eigenvalue weighted by Crippen LogP contribution is -2.41. The number of hydrogen-bond donors (Lipinski definition) is 1. The van der Waals surface area contributed by atoms with Gasteiger partial charge in [0, 0.05) is 31.1 Å². The second kappa shape index (κ2) is 23.2. The summed E-state index contributed by atoms with van der Waals surface area (Å²) in [5.74, 6) is 1.66. The van der Waals surface area contributed by atoms with Gasteiger partial charge in [-0.2, -0.15) is 0 Å². The summed E-state index contributed by atoms with van der Waals surface area (Å²) in [6.07, 6.45) is 2.01. The second-order valence-corrected chi connectivity index (χ2v) is 18.4. The summed E-state index contributed by atoms with van der Waals surface area (Å²) < 4.78 is -0.831. The van der Waals surface area contributed by atoms with Gasteiger partial charge in [0.25, 0.3) is 0 Å². The Hall–Kier alpha value is -5.37. The summed E-state index contributed by atoms with van der Waals surface area (Å²) in [4.78, 5) is 18.8. The number of amides is 1. The molecular formula is C56H59N3OS2. The highest BCUT2D eigenvalue weighted by molar-refractivity contribution is 8.00. The van der Waals surface area contributed by atoms with Crippen molar-refractivity contribution in [3.63, 3.8) is 0 Å². The average Bonchev–Trinajstić information content (AvgIpc) is 3.34. The number of carbonyl (C=O) groups is 1. The van der Waals surface area contributed by atoms with Gasteiger partial charge in [-0.25, -0.2) is 0 Å². The van der Waals surface area contributed by atoms with Gasteiger partial charge < -0.3 is 10.2 Å². The summed E-state index contributed by atoms with van der Waals surface area (Å²) in [5.41, 5.74) is 8.79. The van der Waals surface area contributed by atoms with Crippen molar-refractivity contribution in [2.75, 3.05) is 57.8 Å². The Bertz CT molecular complexity index is 2120. The van der Waals surface area contributed by atoms with Crippen LogP contribution >= 0.6 is 23.5 Å². The fraction of sp³-hybridized carbons (Fsp3) is 0.232. The molecule has 0 heterocycles. The van der Waals surface area contributed by atoms with Gasteiger partial charge in [-0.3, -0.25) is 9.69 Å². The van der Waals surface area contributed by atoms with Gasteiger partial charge in [0.2, 0.25) is 5.91 Å². The van der Waals surface area contributed by atoms with Crippen LogP contribution in [0.3, 0.4) is 0 Å². The number of nitrogens with zero attached hydrogens (tertiary/aromatic N) is 2. The smallest absolute Gasteiger partial charge is 0.234 e. The zero-order valence-electron chi connectivity index (χ0n) is 35.9. The van der Waals surface area contributed by atoms with Crippen molar-refractivity contribution in [1.29, 1.82) is 0 Å². The molecule has 1 amide bonds. The summed E-state index contributed by atoms with van der Waals surface area (Å²) in [7, 11) is 2.21. The van der Waals surface area contributed by atoms with E-state index in [2.05, 4.69) is 234 Å². The van der Waals surface area contributed by atoms with E-state index in [0.29, 0.717) is 13.1 Å². The van der Waals surface area contributed by atoms with E-state index in [1.807, 2.05) is 23.5 Å². The Morgan fingerprint density at radius 2 is 0.806 bits per heavy atom. The van der Waals surface area contributed by atoms with Gasteiger partial charge in [0.15, 0.2) is 0 Å². The van der Waals surface area contributed by atoms with E-state index in [-0.39, 0.29) is 5.91 Å². The molecule has 0 saturated carbocycles. The van der Waals surface area contributed by atoms with Crippen molar-refractivity contribution < 1.29 is 4.79 Å². The number of hydrogen-bond acceptors (Lipinski definition) is 5. The normalized spacial score (nSPS) is 11.8. The van der Waals surface area contributed by atoms with E-state index in [1.165, 1.54) is 38.9 Å². The largest absolute Gasteiger partial charge is 0.354 e. The third-order valence-electron chi connectivity index (χ3n) is 11.6. The zero-order valence-corrected chi connectivity index (χ0v) is 37.5. The second-order valence-electron chi connectivity index (χ2n) is 15.8. The third kappa shape index (κ3) is 11.6. The van der Waals surface area contributed by atoms with Crippen LogP contribution in [0.1, 0.15) is 45.4 Å². The molecule has 0 radical (unpaired) electrons. The summed E-state index contributed by atoms with van der Waals surface area (Å²) in [5, 5.41) is 3.34. The number of thioether (sulfide) groups is 2. The predicted molar refractivity (Wildman–Crippen MR) is 265 cm³/mol. The topological polar surface area (TPSA) is 35.6 Å². The molecule has 7 aromatic rings. The molecule has 316 valence electrons. The highest BCUT2D eigenvalue weighted by atomic mass is 32.2. The fourth-order valence-electron chi connectivity index (χ4n) is 8.43. The third-order valence-corrected chi connectivity index (χ3v) is 14.6. The molecule has 0 spiro atoms. The Balaban J connectivity index is 1.06. The quantitative estimate of drug-likeness (QED) is 0.0512. The molecule has 0 aliphatic rings. The van der Waals surface area contributed by atoms with Crippen LogP contribution in [0.25, 0.3) is 0 Å².